The van der Waals surface area contributed by atoms with Crippen LogP contribution in [0, 0.1) is 5.82 Å². The van der Waals surface area contributed by atoms with Crippen molar-refractivity contribution >= 4 is 11.6 Å². The lowest BCUT2D eigenvalue weighted by molar-refractivity contribution is -0.121. The number of carbonyl (C=O) groups excluding carboxylic acids is 1. The Bertz CT molecular complexity index is 674. The average Bonchev–Trinajstić information content (AvgIpc) is 2.54. The lowest BCUT2D eigenvalue weighted by Crippen LogP contribution is -2.23. The van der Waals surface area contributed by atoms with Crippen molar-refractivity contribution in [1.82, 2.24) is 5.32 Å². The quantitative estimate of drug-likeness (QED) is 0.772. The number of nitrogens with one attached hydrogen (secondary N) is 1. The number of rotatable bonds is 7. The maximum absolute atomic E-state index is 13.5. The Labute approximate surface area is 135 Å². The molecule has 0 aromatic heterocycles. The second-order valence-electron chi connectivity index (χ2n) is 5.17. The number of aryl methyl sites for hydroxylation is 1. The molecule has 23 heavy (non-hydrogen) atoms. The van der Waals surface area contributed by atoms with Gasteiger partial charge >= 0.3 is 0 Å². The second kappa shape index (κ2) is 8.17. The Kier molecular flexibility index (Phi) is 5.97. The smallest absolute Gasteiger partial charge is 0.220 e. The highest BCUT2D eigenvalue weighted by molar-refractivity contribution is 5.76. The van der Waals surface area contributed by atoms with Crippen LogP contribution in [0.2, 0.25) is 0 Å². The van der Waals surface area contributed by atoms with Gasteiger partial charge in [-0.3, -0.25) is 4.79 Å². The molecule has 0 fully saturated rings. The van der Waals surface area contributed by atoms with Gasteiger partial charge in [-0.05, 0) is 37.1 Å². The van der Waals surface area contributed by atoms with Gasteiger partial charge in [0.15, 0.2) is 0 Å². The first-order valence-electron chi connectivity index (χ1n) is 7.61. The van der Waals surface area contributed by atoms with E-state index in [1.165, 1.54) is 6.07 Å². The van der Waals surface area contributed by atoms with E-state index >= 15 is 0 Å². The van der Waals surface area contributed by atoms with Crippen LogP contribution >= 0.6 is 0 Å². The fourth-order valence-corrected chi connectivity index (χ4v) is 2.22. The number of nitrogens with two attached hydrogens (primary N) is 1. The van der Waals surface area contributed by atoms with Crippen LogP contribution in [0.3, 0.4) is 0 Å². The van der Waals surface area contributed by atoms with Gasteiger partial charge in [-0.25, -0.2) is 4.39 Å². The van der Waals surface area contributed by atoms with Gasteiger partial charge in [0.05, 0.1) is 12.3 Å². The van der Waals surface area contributed by atoms with Crippen molar-refractivity contribution in [2.45, 2.75) is 26.3 Å². The predicted molar refractivity (Wildman–Crippen MR) is 88.6 cm³/mol. The van der Waals surface area contributed by atoms with Crippen LogP contribution in [-0.2, 0) is 17.8 Å². The molecule has 0 spiro atoms. The summed E-state index contributed by atoms with van der Waals surface area (Å²) in [5.41, 5.74) is 7.91. The Morgan fingerprint density at radius 2 is 2.04 bits per heavy atom. The summed E-state index contributed by atoms with van der Waals surface area (Å²) < 4.78 is 18.8. The van der Waals surface area contributed by atoms with E-state index in [1.807, 2.05) is 25.1 Å². The fourth-order valence-electron chi connectivity index (χ4n) is 2.22. The summed E-state index contributed by atoms with van der Waals surface area (Å²) in [7, 11) is 0. The molecule has 0 saturated heterocycles. The highest BCUT2D eigenvalue weighted by Crippen LogP contribution is 2.23. The molecule has 3 N–H and O–H groups in total. The fraction of sp³-hybridized carbons (Fsp3) is 0.278. The molecule has 5 heteroatoms. The Morgan fingerprint density at radius 3 is 2.74 bits per heavy atom. The van der Waals surface area contributed by atoms with Gasteiger partial charge in [0.2, 0.25) is 5.91 Å². The molecule has 0 saturated carbocycles. The van der Waals surface area contributed by atoms with E-state index in [1.54, 1.807) is 18.2 Å². The van der Waals surface area contributed by atoms with Crippen molar-refractivity contribution in [3.8, 4) is 5.75 Å². The number of hydrogen-bond donors (Lipinski definition) is 2. The third-order valence-electron chi connectivity index (χ3n) is 3.45. The summed E-state index contributed by atoms with van der Waals surface area (Å²) >= 11 is 0. The number of nitrogen functional groups attached to an aromatic ring is 1. The monoisotopic (exact) mass is 316 g/mol. The van der Waals surface area contributed by atoms with Gasteiger partial charge in [0.1, 0.15) is 11.6 Å². The number of carbonyl (C=O) groups is 1. The highest BCUT2D eigenvalue weighted by Gasteiger charge is 2.06. The average molecular weight is 316 g/mol. The number of ether oxygens (including phenoxy) is 1. The molecule has 122 valence electrons. The van der Waals surface area contributed by atoms with Gasteiger partial charge in [-0.1, -0.05) is 24.3 Å². The SMILES string of the molecule is CCOc1ccc(CCC(=O)NCc2ccccc2F)cc1N. The van der Waals surface area contributed by atoms with E-state index < -0.39 is 0 Å². The minimum atomic E-state index is -0.313. The number of amides is 1. The van der Waals surface area contributed by atoms with Crippen LogP contribution in [0.25, 0.3) is 0 Å². The normalized spacial score (nSPS) is 10.3. The molecule has 0 aliphatic carbocycles. The minimum absolute atomic E-state index is 0.124. The molecule has 0 aliphatic heterocycles. The number of halogens is 1. The van der Waals surface area contributed by atoms with Crippen molar-refractivity contribution in [1.29, 1.82) is 0 Å². The molecule has 2 aromatic carbocycles. The van der Waals surface area contributed by atoms with Gasteiger partial charge in [-0.15, -0.1) is 0 Å². The summed E-state index contributed by atoms with van der Waals surface area (Å²) in [6, 6.07) is 11.9. The highest BCUT2D eigenvalue weighted by atomic mass is 19.1. The zero-order valence-electron chi connectivity index (χ0n) is 13.1. The molecular formula is C18H21FN2O2. The number of anilines is 1. The van der Waals surface area contributed by atoms with Crippen molar-refractivity contribution in [2.24, 2.45) is 0 Å². The zero-order valence-corrected chi connectivity index (χ0v) is 13.1. The van der Waals surface area contributed by atoms with Crippen molar-refractivity contribution in [2.75, 3.05) is 12.3 Å². The first kappa shape index (κ1) is 16.8. The summed E-state index contributed by atoms with van der Waals surface area (Å²) in [6.07, 6.45) is 0.890. The standard InChI is InChI=1S/C18H21FN2O2/c1-2-23-17-9-7-13(11-16(17)20)8-10-18(22)21-12-14-5-3-4-6-15(14)19/h3-7,9,11H,2,8,10,12,20H2,1H3,(H,21,22). The molecule has 0 heterocycles. The molecule has 0 aliphatic rings. The van der Waals surface area contributed by atoms with Crippen LogP contribution in [0.15, 0.2) is 42.5 Å². The molecule has 2 rings (SSSR count). The Morgan fingerprint density at radius 1 is 1.26 bits per heavy atom. The van der Waals surface area contributed by atoms with Gasteiger partial charge in [0.25, 0.3) is 0 Å². The van der Waals surface area contributed by atoms with Crippen molar-refractivity contribution in [3.05, 3.63) is 59.4 Å². The molecule has 0 bridgehead atoms. The van der Waals surface area contributed by atoms with E-state index in [9.17, 15) is 9.18 Å². The van der Waals surface area contributed by atoms with Crippen LogP contribution in [0.1, 0.15) is 24.5 Å². The molecular weight excluding hydrogens is 295 g/mol. The van der Waals surface area contributed by atoms with E-state index in [0.29, 0.717) is 36.4 Å². The lowest BCUT2D eigenvalue weighted by Gasteiger charge is -2.09. The summed E-state index contributed by atoms with van der Waals surface area (Å²) in [4.78, 5) is 11.9. The van der Waals surface area contributed by atoms with Crippen LogP contribution in [0.4, 0.5) is 10.1 Å². The second-order valence-corrected chi connectivity index (χ2v) is 5.17. The first-order valence-corrected chi connectivity index (χ1v) is 7.61. The lowest BCUT2D eigenvalue weighted by atomic mass is 10.1. The van der Waals surface area contributed by atoms with Gasteiger partial charge in [-0.2, -0.15) is 0 Å². The third-order valence-corrected chi connectivity index (χ3v) is 3.45. The van der Waals surface area contributed by atoms with Gasteiger partial charge in [0, 0.05) is 18.5 Å². The minimum Gasteiger partial charge on any atom is -0.492 e. The molecule has 0 radical (unpaired) electrons. The summed E-state index contributed by atoms with van der Waals surface area (Å²) in [5.74, 6) is 0.216. The molecule has 0 unspecified atom stereocenters. The van der Waals surface area contributed by atoms with Crippen molar-refractivity contribution < 1.29 is 13.9 Å². The third kappa shape index (κ3) is 4.98. The Balaban J connectivity index is 1.82. The van der Waals surface area contributed by atoms with Crippen LogP contribution < -0.4 is 15.8 Å². The van der Waals surface area contributed by atoms with Crippen molar-refractivity contribution in [3.63, 3.8) is 0 Å². The molecule has 2 aromatic rings. The maximum atomic E-state index is 13.5. The summed E-state index contributed by atoms with van der Waals surface area (Å²) in [5, 5.41) is 2.72. The zero-order chi connectivity index (χ0) is 16.7. The molecule has 1 amide bonds. The van der Waals surface area contributed by atoms with E-state index in [2.05, 4.69) is 5.32 Å². The number of hydrogen-bond acceptors (Lipinski definition) is 3. The molecule has 0 atom stereocenters. The largest absolute Gasteiger partial charge is 0.492 e. The Hall–Kier alpha value is -2.56. The predicted octanol–water partition coefficient (Wildman–Crippen LogP) is 3.06. The van der Waals surface area contributed by atoms with Gasteiger partial charge < -0.3 is 15.8 Å². The van der Waals surface area contributed by atoms with Crippen LogP contribution in [-0.4, -0.2) is 12.5 Å². The topological polar surface area (TPSA) is 64.3 Å². The van der Waals surface area contributed by atoms with E-state index in [0.717, 1.165) is 5.56 Å². The van der Waals surface area contributed by atoms with E-state index in [-0.39, 0.29) is 18.3 Å². The maximum Gasteiger partial charge on any atom is 0.220 e. The summed E-state index contributed by atoms with van der Waals surface area (Å²) in [6.45, 7) is 2.65. The van der Waals surface area contributed by atoms with E-state index in [4.69, 9.17) is 10.5 Å². The first-order chi connectivity index (χ1) is 11.1. The molecule has 4 nitrogen and oxygen atoms in total. The van der Waals surface area contributed by atoms with Crippen LogP contribution in [0.5, 0.6) is 5.75 Å². The number of benzene rings is 2.